The van der Waals surface area contributed by atoms with Gasteiger partial charge in [-0.2, -0.15) is 0 Å². The number of benzene rings is 1. The Hall–Kier alpha value is -0.640. The highest BCUT2D eigenvalue weighted by molar-refractivity contribution is 5.85. The molecule has 1 saturated heterocycles. The molecule has 0 spiro atoms. The van der Waals surface area contributed by atoms with Crippen molar-refractivity contribution in [1.82, 2.24) is 5.32 Å². The highest BCUT2D eigenvalue weighted by Gasteiger charge is 2.20. The lowest BCUT2D eigenvalue weighted by molar-refractivity contribution is 0.270. The van der Waals surface area contributed by atoms with Crippen molar-refractivity contribution in [3.05, 3.63) is 24.3 Å². The van der Waals surface area contributed by atoms with Gasteiger partial charge in [-0.1, -0.05) is 26.0 Å². The lowest BCUT2D eigenvalue weighted by Crippen LogP contribution is -2.50. The van der Waals surface area contributed by atoms with Crippen LogP contribution in [0, 0.1) is 5.92 Å². The Morgan fingerprint density at radius 1 is 1.30 bits per heavy atom. The van der Waals surface area contributed by atoms with E-state index in [9.17, 15) is 0 Å². The Balaban J connectivity index is 0.00000180. The molecule has 1 fully saturated rings. The van der Waals surface area contributed by atoms with Crippen LogP contribution >= 0.6 is 24.8 Å². The average molecular weight is 321 g/mol. The lowest BCUT2D eigenvalue weighted by Gasteiger charge is -2.36. The number of rotatable bonds is 4. The second-order valence-corrected chi connectivity index (χ2v) is 5.42. The van der Waals surface area contributed by atoms with Gasteiger partial charge in [0.2, 0.25) is 0 Å². The fourth-order valence-electron chi connectivity index (χ4n) is 2.27. The van der Waals surface area contributed by atoms with E-state index in [1.807, 2.05) is 6.07 Å². The van der Waals surface area contributed by atoms with Crippen molar-refractivity contribution in [3.8, 4) is 5.75 Å². The number of nitrogens with one attached hydrogen (secondary N) is 1. The molecule has 0 aromatic heterocycles. The molecule has 0 radical (unpaired) electrons. The number of halogens is 2. The molecule has 0 unspecified atom stereocenters. The fraction of sp³-hybridized carbons (Fsp3) is 0.600. The fourth-order valence-corrected chi connectivity index (χ4v) is 2.27. The van der Waals surface area contributed by atoms with Gasteiger partial charge in [-0.15, -0.1) is 24.8 Å². The Bertz CT molecular complexity index is 388. The van der Waals surface area contributed by atoms with Crippen LogP contribution in [0.15, 0.2) is 24.3 Å². The molecule has 1 aromatic rings. The number of hydrogen-bond donors (Lipinski definition) is 1. The van der Waals surface area contributed by atoms with Crippen LogP contribution < -0.4 is 15.0 Å². The van der Waals surface area contributed by atoms with Gasteiger partial charge in [0, 0.05) is 25.7 Å². The summed E-state index contributed by atoms with van der Waals surface area (Å²) < 4.78 is 5.94. The van der Waals surface area contributed by atoms with Crippen LogP contribution in [0.5, 0.6) is 5.75 Å². The summed E-state index contributed by atoms with van der Waals surface area (Å²) >= 11 is 0. The van der Waals surface area contributed by atoms with Gasteiger partial charge in [0.1, 0.15) is 5.75 Å². The monoisotopic (exact) mass is 320 g/mol. The predicted molar refractivity (Wildman–Crippen MR) is 90.9 cm³/mol. The maximum atomic E-state index is 5.94. The van der Waals surface area contributed by atoms with Crippen molar-refractivity contribution < 1.29 is 4.74 Å². The topological polar surface area (TPSA) is 24.5 Å². The average Bonchev–Trinajstić information content (AvgIpc) is 2.37. The van der Waals surface area contributed by atoms with Crippen LogP contribution in [0.25, 0.3) is 0 Å². The summed E-state index contributed by atoms with van der Waals surface area (Å²) in [6, 6.07) is 8.89. The van der Waals surface area contributed by atoms with Crippen molar-refractivity contribution in [2.24, 2.45) is 5.92 Å². The summed E-state index contributed by atoms with van der Waals surface area (Å²) in [4.78, 5) is 2.44. The van der Waals surface area contributed by atoms with Gasteiger partial charge in [-0.25, -0.2) is 0 Å². The molecular formula is C15H26Cl2N2O. The van der Waals surface area contributed by atoms with Crippen molar-refractivity contribution in [1.29, 1.82) is 0 Å². The molecule has 1 aliphatic heterocycles. The normalized spacial score (nSPS) is 18.2. The maximum Gasteiger partial charge on any atom is 0.142 e. The van der Waals surface area contributed by atoms with E-state index in [-0.39, 0.29) is 24.8 Å². The second kappa shape index (κ2) is 9.32. The third-order valence-corrected chi connectivity index (χ3v) is 3.25. The first-order valence-corrected chi connectivity index (χ1v) is 6.87. The molecule has 1 atom stereocenters. The van der Waals surface area contributed by atoms with E-state index >= 15 is 0 Å². The number of anilines is 1. The first-order chi connectivity index (χ1) is 8.68. The van der Waals surface area contributed by atoms with Crippen LogP contribution in [-0.2, 0) is 0 Å². The van der Waals surface area contributed by atoms with E-state index in [0.29, 0.717) is 12.0 Å². The molecule has 116 valence electrons. The molecule has 0 bridgehead atoms. The summed E-state index contributed by atoms with van der Waals surface area (Å²) in [7, 11) is 0. The van der Waals surface area contributed by atoms with Gasteiger partial charge in [-0.05, 0) is 25.0 Å². The molecule has 1 N–H and O–H groups in total. The van der Waals surface area contributed by atoms with Crippen molar-refractivity contribution >= 4 is 30.5 Å². The van der Waals surface area contributed by atoms with Crippen molar-refractivity contribution in [3.63, 3.8) is 0 Å². The molecule has 2 rings (SSSR count). The number of piperazine rings is 1. The minimum absolute atomic E-state index is 0. The summed E-state index contributed by atoms with van der Waals surface area (Å²) in [5.74, 6) is 1.57. The van der Waals surface area contributed by atoms with E-state index < -0.39 is 0 Å². The lowest BCUT2D eigenvalue weighted by atomic mass is 10.1. The first kappa shape index (κ1) is 19.4. The van der Waals surface area contributed by atoms with Crippen LogP contribution in [0.2, 0.25) is 0 Å². The molecule has 1 aromatic carbocycles. The number of para-hydroxylation sites is 2. The minimum atomic E-state index is 0. The van der Waals surface area contributed by atoms with Gasteiger partial charge < -0.3 is 15.0 Å². The van der Waals surface area contributed by atoms with E-state index in [0.717, 1.165) is 32.0 Å². The SMILES string of the molecule is CC(C)COc1ccccc1N1CCNC[C@H]1C.Cl.Cl. The van der Waals surface area contributed by atoms with Gasteiger partial charge >= 0.3 is 0 Å². The summed E-state index contributed by atoms with van der Waals surface area (Å²) in [6.07, 6.45) is 0. The Kier molecular flexibility index (Phi) is 9.03. The molecule has 0 amide bonds. The Morgan fingerprint density at radius 3 is 2.65 bits per heavy atom. The minimum Gasteiger partial charge on any atom is -0.491 e. The molecule has 1 heterocycles. The smallest absolute Gasteiger partial charge is 0.142 e. The van der Waals surface area contributed by atoms with Gasteiger partial charge in [0.05, 0.1) is 12.3 Å². The van der Waals surface area contributed by atoms with Crippen molar-refractivity contribution in [2.45, 2.75) is 26.8 Å². The maximum absolute atomic E-state index is 5.94. The quantitative estimate of drug-likeness (QED) is 0.920. The van der Waals surface area contributed by atoms with Crippen molar-refractivity contribution in [2.75, 3.05) is 31.1 Å². The molecule has 20 heavy (non-hydrogen) atoms. The molecule has 1 aliphatic rings. The zero-order chi connectivity index (χ0) is 13.0. The van der Waals surface area contributed by atoms with E-state index in [1.54, 1.807) is 0 Å². The van der Waals surface area contributed by atoms with E-state index in [2.05, 4.69) is 49.2 Å². The van der Waals surface area contributed by atoms with Crippen LogP contribution in [0.1, 0.15) is 20.8 Å². The number of ether oxygens (including phenoxy) is 1. The zero-order valence-electron chi connectivity index (χ0n) is 12.5. The van der Waals surface area contributed by atoms with E-state index in [1.165, 1.54) is 5.69 Å². The summed E-state index contributed by atoms with van der Waals surface area (Å²) in [5.41, 5.74) is 1.23. The molecule has 0 saturated carbocycles. The molecule has 0 aliphatic carbocycles. The molecule has 5 heteroatoms. The first-order valence-electron chi connectivity index (χ1n) is 6.87. The van der Waals surface area contributed by atoms with Crippen LogP contribution in [0.3, 0.4) is 0 Å². The molecular weight excluding hydrogens is 295 g/mol. The Morgan fingerprint density at radius 2 is 2.00 bits per heavy atom. The Labute approximate surface area is 134 Å². The largest absolute Gasteiger partial charge is 0.491 e. The van der Waals surface area contributed by atoms with Gasteiger partial charge in [0.15, 0.2) is 0 Å². The third-order valence-electron chi connectivity index (χ3n) is 3.25. The van der Waals surface area contributed by atoms with Gasteiger partial charge in [0.25, 0.3) is 0 Å². The zero-order valence-corrected chi connectivity index (χ0v) is 14.1. The standard InChI is InChI=1S/C15H24N2O.2ClH/c1-12(2)11-18-15-7-5-4-6-14(15)17-9-8-16-10-13(17)3;;/h4-7,12-13,16H,8-11H2,1-3H3;2*1H/t13-;;/m1../s1. The number of nitrogens with zero attached hydrogens (tertiary/aromatic N) is 1. The van der Waals surface area contributed by atoms with Crippen LogP contribution in [0.4, 0.5) is 5.69 Å². The number of hydrogen-bond acceptors (Lipinski definition) is 3. The van der Waals surface area contributed by atoms with Gasteiger partial charge in [-0.3, -0.25) is 0 Å². The van der Waals surface area contributed by atoms with E-state index in [4.69, 9.17) is 4.74 Å². The summed E-state index contributed by atoms with van der Waals surface area (Å²) in [5, 5.41) is 3.42. The summed E-state index contributed by atoms with van der Waals surface area (Å²) in [6.45, 7) is 10.5. The second-order valence-electron chi connectivity index (χ2n) is 5.42. The predicted octanol–water partition coefficient (Wildman–Crippen LogP) is 3.36. The highest BCUT2D eigenvalue weighted by Crippen LogP contribution is 2.30. The van der Waals surface area contributed by atoms with Crippen LogP contribution in [-0.4, -0.2) is 32.3 Å². The molecule has 3 nitrogen and oxygen atoms in total. The third kappa shape index (κ3) is 5.04. The highest BCUT2D eigenvalue weighted by atomic mass is 35.5.